The molecule has 21 heavy (non-hydrogen) atoms. The number of carbonyl (C=O) groups excluding carboxylic acids is 2. The molecule has 0 heterocycles. The van der Waals surface area contributed by atoms with Crippen LogP contribution in [0.3, 0.4) is 0 Å². The van der Waals surface area contributed by atoms with Gasteiger partial charge in [0.1, 0.15) is 5.75 Å². The van der Waals surface area contributed by atoms with E-state index in [1.807, 2.05) is 0 Å². The first-order valence-electron chi connectivity index (χ1n) is 6.48. The third-order valence-corrected chi connectivity index (χ3v) is 2.57. The summed E-state index contributed by atoms with van der Waals surface area (Å²) in [6, 6.07) is 4.98. The number of benzene rings is 1. The first-order chi connectivity index (χ1) is 10.1. The van der Waals surface area contributed by atoms with Crippen LogP contribution in [0.15, 0.2) is 18.2 Å². The molecule has 1 rings (SSSR count). The summed E-state index contributed by atoms with van der Waals surface area (Å²) in [7, 11) is 1.54. The van der Waals surface area contributed by atoms with Crippen LogP contribution < -0.4 is 21.1 Å². The largest absolute Gasteiger partial charge is 0.495 e. The number of methoxy groups -OCH3 is 1. The molecule has 0 aromatic heterocycles. The first-order valence-corrected chi connectivity index (χ1v) is 6.48. The second-order valence-electron chi connectivity index (χ2n) is 4.16. The number of hydrogen-bond acceptors (Lipinski definition) is 4. The van der Waals surface area contributed by atoms with Crippen LogP contribution in [0.1, 0.15) is 22.8 Å². The average molecular weight is 289 g/mol. The van der Waals surface area contributed by atoms with E-state index in [4.69, 9.17) is 10.5 Å². The predicted molar refractivity (Wildman–Crippen MR) is 79.9 cm³/mol. The van der Waals surface area contributed by atoms with Crippen molar-refractivity contribution < 1.29 is 14.3 Å². The van der Waals surface area contributed by atoms with Crippen molar-refractivity contribution in [2.75, 3.05) is 26.7 Å². The molecule has 0 saturated carbocycles. The molecule has 1 aromatic carbocycles. The molecule has 0 unspecified atom stereocenters. The number of rotatable bonds is 5. The third-order valence-electron chi connectivity index (χ3n) is 2.57. The van der Waals surface area contributed by atoms with Crippen molar-refractivity contribution in [3.63, 3.8) is 0 Å². The summed E-state index contributed by atoms with van der Waals surface area (Å²) in [5.74, 6) is 5.81. The molecule has 4 N–H and O–H groups in total. The number of amides is 2. The van der Waals surface area contributed by atoms with Crippen molar-refractivity contribution in [1.82, 2.24) is 10.6 Å². The lowest BCUT2D eigenvalue weighted by molar-refractivity contribution is -0.118. The molecular weight excluding hydrogens is 270 g/mol. The molecule has 6 nitrogen and oxygen atoms in total. The quantitative estimate of drug-likeness (QED) is 0.520. The highest BCUT2D eigenvalue weighted by molar-refractivity contribution is 5.94. The Hall–Kier alpha value is -2.52. The molecule has 0 radical (unpaired) electrons. The fourth-order valence-corrected chi connectivity index (χ4v) is 1.61. The maximum atomic E-state index is 12.0. The van der Waals surface area contributed by atoms with E-state index < -0.39 is 0 Å². The molecule has 112 valence electrons. The van der Waals surface area contributed by atoms with Crippen molar-refractivity contribution in [3.8, 4) is 17.6 Å². The van der Waals surface area contributed by atoms with Crippen molar-refractivity contribution in [2.45, 2.75) is 6.92 Å². The van der Waals surface area contributed by atoms with Crippen LogP contribution in [0.4, 0.5) is 0 Å². The van der Waals surface area contributed by atoms with Gasteiger partial charge in [0.25, 0.3) is 5.91 Å². The Bertz CT molecular complexity index is 573. The van der Waals surface area contributed by atoms with Gasteiger partial charge in [-0.15, -0.1) is 0 Å². The van der Waals surface area contributed by atoms with Gasteiger partial charge in [-0.25, -0.2) is 0 Å². The van der Waals surface area contributed by atoms with E-state index in [0.717, 1.165) is 0 Å². The lowest BCUT2D eigenvalue weighted by Gasteiger charge is -2.08. The second-order valence-corrected chi connectivity index (χ2v) is 4.16. The summed E-state index contributed by atoms with van der Waals surface area (Å²) in [6.07, 6.45) is 0. The smallest absolute Gasteiger partial charge is 0.251 e. The van der Waals surface area contributed by atoms with Gasteiger partial charge in [0.15, 0.2) is 0 Å². The Labute approximate surface area is 124 Å². The summed E-state index contributed by atoms with van der Waals surface area (Å²) in [6.45, 7) is 2.40. The van der Waals surface area contributed by atoms with E-state index in [2.05, 4.69) is 22.5 Å². The Balaban J connectivity index is 2.74. The summed E-state index contributed by atoms with van der Waals surface area (Å²) in [4.78, 5) is 22.7. The van der Waals surface area contributed by atoms with E-state index in [0.29, 0.717) is 30.0 Å². The van der Waals surface area contributed by atoms with Gasteiger partial charge in [0.2, 0.25) is 5.91 Å². The van der Waals surface area contributed by atoms with Gasteiger partial charge in [-0.05, 0) is 18.2 Å². The highest BCUT2D eigenvalue weighted by Crippen LogP contribution is 2.18. The van der Waals surface area contributed by atoms with Crippen LogP contribution in [0, 0.1) is 11.8 Å². The van der Waals surface area contributed by atoms with Crippen molar-refractivity contribution in [1.29, 1.82) is 0 Å². The van der Waals surface area contributed by atoms with Gasteiger partial charge in [0.05, 0.1) is 19.2 Å². The van der Waals surface area contributed by atoms with Gasteiger partial charge >= 0.3 is 0 Å². The summed E-state index contributed by atoms with van der Waals surface area (Å²) < 4.78 is 5.18. The Morgan fingerprint density at radius 1 is 1.29 bits per heavy atom. The number of ether oxygens (including phenoxy) is 1. The standard InChI is InChI=1S/C15H19N3O3/c1-11(19)17-8-9-18-15(20)13-5-6-14(21-2)12(10-13)4-3-7-16/h5-6,10H,7-9,16H2,1-2H3,(H,17,19)(H,18,20). The number of hydrogen-bond donors (Lipinski definition) is 3. The zero-order valence-corrected chi connectivity index (χ0v) is 12.2. The SMILES string of the molecule is COc1ccc(C(=O)NCCNC(C)=O)cc1C#CCN. The van der Waals surface area contributed by atoms with E-state index >= 15 is 0 Å². The maximum absolute atomic E-state index is 12.0. The Morgan fingerprint density at radius 3 is 2.62 bits per heavy atom. The van der Waals surface area contributed by atoms with E-state index in [1.165, 1.54) is 14.0 Å². The van der Waals surface area contributed by atoms with Crippen LogP contribution in [0.25, 0.3) is 0 Å². The summed E-state index contributed by atoms with van der Waals surface area (Å²) in [5.41, 5.74) is 6.42. The average Bonchev–Trinajstić information content (AvgIpc) is 2.48. The lowest BCUT2D eigenvalue weighted by atomic mass is 10.1. The van der Waals surface area contributed by atoms with Crippen LogP contribution in [-0.2, 0) is 4.79 Å². The van der Waals surface area contributed by atoms with Gasteiger partial charge in [0, 0.05) is 25.6 Å². The highest BCUT2D eigenvalue weighted by Gasteiger charge is 2.08. The number of carbonyl (C=O) groups is 2. The Morgan fingerprint density at radius 2 is 2.00 bits per heavy atom. The predicted octanol–water partition coefficient (Wildman–Crippen LogP) is -0.129. The van der Waals surface area contributed by atoms with Crippen molar-refractivity contribution >= 4 is 11.8 Å². The van der Waals surface area contributed by atoms with Gasteiger partial charge in [-0.3, -0.25) is 9.59 Å². The molecule has 0 aliphatic heterocycles. The molecule has 6 heteroatoms. The fourth-order valence-electron chi connectivity index (χ4n) is 1.61. The maximum Gasteiger partial charge on any atom is 0.251 e. The molecule has 0 saturated heterocycles. The minimum absolute atomic E-state index is 0.131. The molecule has 0 aliphatic rings. The van der Waals surface area contributed by atoms with Crippen LogP contribution in [0.2, 0.25) is 0 Å². The minimum atomic E-state index is -0.237. The molecule has 0 spiro atoms. The third kappa shape index (κ3) is 5.55. The molecule has 0 bridgehead atoms. The lowest BCUT2D eigenvalue weighted by Crippen LogP contribution is -2.33. The fraction of sp³-hybridized carbons (Fsp3) is 0.333. The van der Waals surface area contributed by atoms with Crippen LogP contribution >= 0.6 is 0 Å². The minimum Gasteiger partial charge on any atom is -0.495 e. The highest BCUT2D eigenvalue weighted by atomic mass is 16.5. The van der Waals surface area contributed by atoms with Crippen LogP contribution in [-0.4, -0.2) is 38.6 Å². The number of nitrogens with one attached hydrogen (secondary N) is 2. The van der Waals surface area contributed by atoms with Gasteiger partial charge < -0.3 is 21.1 Å². The second kappa shape index (κ2) is 8.61. The molecule has 0 fully saturated rings. The monoisotopic (exact) mass is 289 g/mol. The zero-order chi connectivity index (χ0) is 15.7. The van der Waals surface area contributed by atoms with E-state index in [1.54, 1.807) is 18.2 Å². The molecule has 0 atom stereocenters. The topological polar surface area (TPSA) is 93.5 Å². The van der Waals surface area contributed by atoms with E-state index in [9.17, 15) is 9.59 Å². The summed E-state index contributed by atoms with van der Waals surface area (Å²) >= 11 is 0. The number of nitrogens with two attached hydrogens (primary N) is 1. The molecule has 2 amide bonds. The van der Waals surface area contributed by atoms with E-state index in [-0.39, 0.29) is 18.4 Å². The van der Waals surface area contributed by atoms with Gasteiger partial charge in [-0.1, -0.05) is 11.8 Å². The normalized spacial score (nSPS) is 9.29. The molecule has 0 aliphatic carbocycles. The Kier molecular flexibility index (Phi) is 6.78. The summed E-state index contributed by atoms with van der Waals surface area (Å²) in [5, 5.41) is 5.31. The van der Waals surface area contributed by atoms with Crippen molar-refractivity contribution in [2.24, 2.45) is 5.73 Å². The molecule has 1 aromatic rings. The van der Waals surface area contributed by atoms with Crippen LogP contribution in [0.5, 0.6) is 5.75 Å². The van der Waals surface area contributed by atoms with Crippen molar-refractivity contribution in [3.05, 3.63) is 29.3 Å². The van der Waals surface area contributed by atoms with Gasteiger partial charge in [-0.2, -0.15) is 0 Å². The molecular formula is C15H19N3O3. The zero-order valence-electron chi connectivity index (χ0n) is 12.2. The first kappa shape index (κ1) is 16.5.